The second-order valence-corrected chi connectivity index (χ2v) is 5.02. The highest BCUT2D eigenvalue weighted by atomic mass is 15.2. The predicted octanol–water partition coefficient (Wildman–Crippen LogP) is 1.34. The summed E-state index contributed by atoms with van der Waals surface area (Å²) >= 11 is 0. The minimum absolute atomic E-state index is 0.0380. The topological polar surface area (TPSA) is 60.0 Å². The fourth-order valence-corrected chi connectivity index (χ4v) is 2.43. The number of aromatic nitrogens is 3. The number of rotatable bonds is 5. The van der Waals surface area contributed by atoms with Gasteiger partial charge in [0.25, 0.3) is 0 Å². The van der Waals surface area contributed by atoms with E-state index in [1.54, 1.807) is 0 Å². The van der Waals surface area contributed by atoms with Crippen molar-refractivity contribution in [2.75, 3.05) is 7.05 Å². The fraction of sp³-hybridized carbons (Fsp3) is 0.429. The third kappa shape index (κ3) is 3.39. The first-order valence-electron chi connectivity index (χ1n) is 6.41. The van der Waals surface area contributed by atoms with E-state index in [0.717, 1.165) is 12.1 Å². The lowest BCUT2D eigenvalue weighted by molar-refractivity contribution is 0.211. The number of hydrogen-bond acceptors (Lipinski definition) is 4. The van der Waals surface area contributed by atoms with Crippen LogP contribution in [0.15, 0.2) is 36.9 Å². The number of likely N-dealkylation sites (N-methyl/N-ethyl adjacent to an activating group) is 1. The molecule has 0 bridgehead atoms. The summed E-state index contributed by atoms with van der Waals surface area (Å²) in [5.74, 6) is 0. The number of hydrogen-bond donors (Lipinski definition) is 1. The summed E-state index contributed by atoms with van der Waals surface area (Å²) in [7, 11) is 4.01. The molecule has 0 aliphatic carbocycles. The van der Waals surface area contributed by atoms with E-state index < -0.39 is 0 Å². The van der Waals surface area contributed by atoms with E-state index in [2.05, 4.69) is 22.0 Å². The minimum Gasteiger partial charge on any atom is -0.326 e. The molecule has 2 unspecified atom stereocenters. The quantitative estimate of drug-likeness (QED) is 0.880. The first-order chi connectivity index (χ1) is 9.08. The summed E-state index contributed by atoms with van der Waals surface area (Å²) in [5.41, 5.74) is 8.52. The molecule has 2 rings (SSSR count). The lowest BCUT2D eigenvalue weighted by Gasteiger charge is -2.30. The number of nitrogens with zero attached hydrogens (tertiary/aromatic N) is 4. The van der Waals surface area contributed by atoms with Crippen LogP contribution in [-0.2, 0) is 13.6 Å². The zero-order chi connectivity index (χ0) is 13.8. The van der Waals surface area contributed by atoms with E-state index in [9.17, 15) is 0 Å². The molecule has 2 N–H and O–H groups in total. The van der Waals surface area contributed by atoms with Crippen molar-refractivity contribution in [1.29, 1.82) is 0 Å². The van der Waals surface area contributed by atoms with Crippen LogP contribution in [0.1, 0.15) is 24.1 Å². The first-order valence-corrected chi connectivity index (χ1v) is 6.41. The van der Waals surface area contributed by atoms with Gasteiger partial charge in [0.1, 0.15) is 0 Å². The smallest absolute Gasteiger partial charge is 0.0538 e. The van der Waals surface area contributed by atoms with Gasteiger partial charge >= 0.3 is 0 Å². The highest BCUT2D eigenvalue weighted by Gasteiger charge is 2.22. The van der Waals surface area contributed by atoms with Crippen LogP contribution in [0.25, 0.3) is 0 Å². The molecule has 0 fully saturated rings. The Bertz CT molecular complexity index is 506. The van der Waals surface area contributed by atoms with E-state index >= 15 is 0 Å². The van der Waals surface area contributed by atoms with E-state index in [1.165, 1.54) is 5.56 Å². The van der Waals surface area contributed by atoms with Crippen molar-refractivity contribution in [3.05, 3.63) is 48.0 Å². The van der Waals surface area contributed by atoms with Gasteiger partial charge in [0, 0.05) is 43.8 Å². The van der Waals surface area contributed by atoms with Crippen molar-refractivity contribution in [3.63, 3.8) is 0 Å². The van der Waals surface area contributed by atoms with Crippen molar-refractivity contribution in [2.24, 2.45) is 12.8 Å². The standard InChI is InChI=1S/C14H21N5/c1-11(15)14(13-8-17-19(3)10-13)18(2)9-12-4-6-16-7-5-12/h4-8,10-11,14H,9,15H2,1-3H3. The molecule has 0 saturated carbocycles. The molecule has 2 aromatic heterocycles. The molecule has 5 heteroatoms. The van der Waals surface area contributed by atoms with E-state index in [-0.39, 0.29) is 12.1 Å². The van der Waals surface area contributed by atoms with Gasteiger partial charge < -0.3 is 5.73 Å². The Labute approximate surface area is 114 Å². The van der Waals surface area contributed by atoms with Crippen LogP contribution in [0.4, 0.5) is 0 Å². The molecule has 5 nitrogen and oxygen atoms in total. The zero-order valence-corrected chi connectivity index (χ0v) is 11.7. The van der Waals surface area contributed by atoms with E-state index in [4.69, 9.17) is 5.73 Å². The van der Waals surface area contributed by atoms with Crippen molar-refractivity contribution in [3.8, 4) is 0 Å². The van der Waals surface area contributed by atoms with Crippen molar-refractivity contribution in [1.82, 2.24) is 19.7 Å². The molecular weight excluding hydrogens is 238 g/mol. The molecule has 0 amide bonds. The molecular formula is C14H21N5. The van der Waals surface area contributed by atoms with Crippen molar-refractivity contribution in [2.45, 2.75) is 25.6 Å². The SMILES string of the molecule is CC(N)C(c1cnn(C)c1)N(C)Cc1ccncc1. The lowest BCUT2D eigenvalue weighted by atomic mass is 10.0. The Kier molecular flexibility index (Phi) is 4.29. The Morgan fingerprint density at radius 1 is 1.37 bits per heavy atom. The predicted molar refractivity (Wildman–Crippen MR) is 75.3 cm³/mol. The molecule has 19 heavy (non-hydrogen) atoms. The zero-order valence-electron chi connectivity index (χ0n) is 11.7. The fourth-order valence-electron chi connectivity index (χ4n) is 2.43. The van der Waals surface area contributed by atoms with Gasteiger partial charge in [-0.15, -0.1) is 0 Å². The van der Waals surface area contributed by atoms with E-state index in [1.807, 2.05) is 55.6 Å². The monoisotopic (exact) mass is 259 g/mol. The van der Waals surface area contributed by atoms with Gasteiger partial charge in [-0.1, -0.05) is 0 Å². The molecule has 2 aromatic rings. The van der Waals surface area contributed by atoms with Crippen molar-refractivity contribution >= 4 is 0 Å². The molecule has 0 aromatic carbocycles. The Balaban J connectivity index is 2.15. The molecule has 2 heterocycles. The Morgan fingerprint density at radius 2 is 2.05 bits per heavy atom. The molecule has 0 spiro atoms. The van der Waals surface area contributed by atoms with E-state index in [0.29, 0.717) is 0 Å². The highest BCUT2D eigenvalue weighted by Crippen LogP contribution is 2.23. The molecule has 102 valence electrons. The second kappa shape index (κ2) is 5.95. The summed E-state index contributed by atoms with van der Waals surface area (Å²) in [5, 5.41) is 4.23. The number of nitrogens with two attached hydrogens (primary N) is 1. The van der Waals surface area contributed by atoms with Gasteiger partial charge in [-0.2, -0.15) is 5.10 Å². The Morgan fingerprint density at radius 3 is 2.58 bits per heavy atom. The summed E-state index contributed by atoms with van der Waals surface area (Å²) in [4.78, 5) is 6.28. The third-order valence-corrected chi connectivity index (χ3v) is 3.22. The lowest BCUT2D eigenvalue weighted by Crippen LogP contribution is -2.36. The van der Waals surface area contributed by atoms with Crippen LogP contribution < -0.4 is 5.73 Å². The average Bonchev–Trinajstić information content (AvgIpc) is 2.76. The van der Waals surface area contributed by atoms with Crippen LogP contribution in [-0.4, -0.2) is 32.8 Å². The highest BCUT2D eigenvalue weighted by molar-refractivity contribution is 5.15. The number of aryl methyl sites for hydroxylation is 1. The van der Waals surface area contributed by atoms with Gasteiger partial charge in [-0.3, -0.25) is 14.6 Å². The van der Waals surface area contributed by atoms with Crippen LogP contribution in [0, 0.1) is 0 Å². The summed E-state index contributed by atoms with van der Waals surface area (Å²) in [6.07, 6.45) is 7.54. The van der Waals surface area contributed by atoms with Crippen molar-refractivity contribution < 1.29 is 0 Å². The van der Waals surface area contributed by atoms with Crippen LogP contribution in [0.5, 0.6) is 0 Å². The average molecular weight is 259 g/mol. The maximum Gasteiger partial charge on any atom is 0.0538 e. The maximum atomic E-state index is 6.14. The summed E-state index contributed by atoms with van der Waals surface area (Å²) < 4.78 is 1.81. The van der Waals surface area contributed by atoms with Gasteiger partial charge in [0.05, 0.1) is 12.2 Å². The van der Waals surface area contributed by atoms with Crippen LogP contribution in [0.3, 0.4) is 0 Å². The molecule has 0 radical (unpaired) electrons. The normalized spacial score (nSPS) is 14.6. The van der Waals surface area contributed by atoms with Gasteiger partial charge in [-0.05, 0) is 31.7 Å². The van der Waals surface area contributed by atoms with Gasteiger partial charge in [0.2, 0.25) is 0 Å². The molecule has 2 atom stereocenters. The summed E-state index contributed by atoms with van der Waals surface area (Å²) in [6, 6.07) is 4.24. The molecule has 0 saturated heterocycles. The second-order valence-electron chi connectivity index (χ2n) is 5.02. The van der Waals surface area contributed by atoms with Gasteiger partial charge in [0.15, 0.2) is 0 Å². The summed E-state index contributed by atoms with van der Waals surface area (Å²) in [6.45, 7) is 2.87. The van der Waals surface area contributed by atoms with Gasteiger partial charge in [-0.25, -0.2) is 0 Å². The molecule has 0 aliphatic heterocycles. The Hall–Kier alpha value is -1.72. The minimum atomic E-state index is 0.0380. The maximum absolute atomic E-state index is 6.14. The largest absolute Gasteiger partial charge is 0.326 e. The molecule has 0 aliphatic rings. The first kappa shape index (κ1) is 13.7. The number of pyridine rings is 1. The van der Waals surface area contributed by atoms with Crippen LogP contribution >= 0.6 is 0 Å². The third-order valence-electron chi connectivity index (χ3n) is 3.22. The van der Waals surface area contributed by atoms with Crippen LogP contribution in [0.2, 0.25) is 0 Å².